The number of hydrogen-bond donors (Lipinski definition) is 0. The lowest BCUT2D eigenvalue weighted by atomic mass is 10.2. The van der Waals surface area contributed by atoms with Crippen LogP contribution in [0, 0.1) is 0 Å². The number of hydrogen-bond acceptors (Lipinski definition) is 2. The second-order valence-corrected chi connectivity index (χ2v) is 4.57. The molecular weight excluding hydrogens is 156 g/mol. The van der Waals surface area contributed by atoms with E-state index in [2.05, 4.69) is 4.67 Å². The fourth-order valence-corrected chi connectivity index (χ4v) is 3.37. The maximum atomic E-state index is 5.88. The van der Waals surface area contributed by atoms with Crippen molar-refractivity contribution < 1.29 is 4.52 Å². The average Bonchev–Trinajstić information content (AvgIpc) is 2.35. The SMILES string of the molecule is ClP1OCC2CCCN21. The normalized spacial score (nSPS) is 43.7. The zero-order chi connectivity index (χ0) is 6.27. The van der Waals surface area contributed by atoms with Crippen LogP contribution in [-0.4, -0.2) is 23.9 Å². The summed E-state index contributed by atoms with van der Waals surface area (Å²) in [5, 5.41) is 0. The fraction of sp³-hybridized carbons (Fsp3) is 1.00. The van der Waals surface area contributed by atoms with Crippen LogP contribution in [-0.2, 0) is 4.52 Å². The molecule has 4 heteroatoms. The molecule has 0 saturated carbocycles. The Kier molecular flexibility index (Phi) is 1.66. The Morgan fingerprint density at radius 3 is 3.33 bits per heavy atom. The van der Waals surface area contributed by atoms with E-state index in [1.165, 1.54) is 12.8 Å². The fourth-order valence-electron chi connectivity index (χ4n) is 1.42. The molecule has 0 aliphatic carbocycles. The van der Waals surface area contributed by atoms with Gasteiger partial charge in [-0.25, -0.2) is 4.67 Å². The lowest BCUT2D eigenvalue weighted by molar-refractivity contribution is 0.342. The summed E-state index contributed by atoms with van der Waals surface area (Å²) in [5.41, 5.74) is 0. The van der Waals surface area contributed by atoms with Crippen molar-refractivity contribution in [3.05, 3.63) is 0 Å². The molecule has 0 N–H and O–H groups in total. The third-order valence-electron chi connectivity index (χ3n) is 1.92. The third-order valence-corrected chi connectivity index (χ3v) is 4.09. The monoisotopic (exact) mass is 165 g/mol. The smallest absolute Gasteiger partial charge is 0.207 e. The minimum Gasteiger partial charge on any atom is -0.330 e. The van der Waals surface area contributed by atoms with Crippen molar-refractivity contribution in [3.8, 4) is 0 Å². The standard InChI is InChI=1S/C5H9ClNOP/c6-9-7-3-1-2-5(7)4-8-9/h5H,1-4H2. The van der Waals surface area contributed by atoms with Crippen LogP contribution in [0.5, 0.6) is 0 Å². The van der Waals surface area contributed by atoms with Gasteiger partial charge < -0.3 is 4.52 Å². The van der Waals surface area contributed by atoms with Gasteiger partial charge in [0.2, 0.25) is 7.65 Å². The molecule has 0 amide bonds. The van der Waals surface area contributed by atoms with Crippen LogP contribution in [0.1, 0.15) is 12.8 Å². The van der Waals surface area contributed by atoms with Crippen LogP contribution < -0.4 is 0 Å². The lowest BCUT2D eigenvalue weighted by Gasteiger charge is -2.13. The van der Waals surface area contributed by atoms with E-state index in [4.69, 9.17) is 15.8 Å². The van der Waals surface area contributed by atoms with Gasteiger partial charge in [0.15, 0.2) is 0 Å². The van der Waals surface area contributed by atoms with E-state index in [-0.39, 0.29) is 0 Å². The van der Waals surface area contributed by atoms with Gasteiger partial charge in [-0.1, -0.05) is 0 Å². The average molecular weight is 166 g/mol. The molecule has 52 valence electrons. The van der Waals surface area contributed by atoms with Crippen molar-refractivity contribution in [2.24, 2.45) is 0 Å². The van der Waals surface area contributed by atoms with Gasteiger partial charge in [0.1, 0.15) is 0 Å². The van der Waals surface area contributed by atoms with Crippen molar-refractivity contribution in [2.45, 2.75) is 18.9 Å². The molecule has 2 aliphatic rings. The summed E-state index contributed by atoms with van der Waals surface area (Å²) in [6, 6.07) is 0.661. The highest BCUT2D eigenvalue weighted by Crippen LogP contribution is 2.55. The summed E-state index contributed by atoms with van der Waals surface area (Å²) >= 11 is 5.88. The number of halogens is 1. The van der Waals surface area contributed by atoms with Gasteiger partial charge in [-0.15, -0.1) is 0 Å². The molecule has 2 saturated heterocycles. The summed E-state index contributed by atoms with van der Waals surface area (Å²) in [6.45, 7) is 2.02. The Hall–Kier alpha value is 0.640. The van der Waals surface area contributed by atoms with Crippen molar-refractivity contribution in [3.63, 3.8) is 0 Å². The molecule has 2 rings (SSSR count). The Morgan fingerprint density at radius 2 is 2.56 bits per heavy atom. The van der Waals surface area contributed by atoms with Gasteiger partial charge in [-0.3, -0.25) is 0 Å². The van der Waals surface area contributed by atoms with E-state index in [9.17, 15) is 0 Å². The molecule has 2 fully saturated rings. The first-order valence-electron chi connectivity index (χ1n) is 3.23. The van der Waals surface area contributed by atoms with Crippen LogP contribution in [0.3, 0.4) is 0 Å². The summed E-state index contributed by atoms with van der Waals surface area (Å²) in [7, 11) is -0.700. The largest absolute Gasteiger partial charge is 0.330 e. The molecule has 2 aliphatic heterocycles. The van der Waals surface area contributed by atoms with E-state index < -0.39 is 7.65 Å². The first-order valence-corrected chi connectivity index (χ1v) is 5.35. The first-order chi connectivity index (χ1) is 4.38. The molecule has 0 aromatic carbocycles. The van der Waals surface area contributed by atoms with Gasteiger partial charge in [0.05, 0.1) is 6.61 Å². The van der Waals surface area contributed by atoms with Gasteiger partial charge in [0.25, 0.3) is 0 Å². The van der Waals surface area contributed by atoms with E-state index in [1.807, 2.05) is 0 Å². The van der Waals surface area contributed by atoms with Crippen molar-refractivity contribution in [1.82, 2.24) is 4.67 Å². The van der Waals surface area contributed by atoms with E-state index in [1.54, 1.807) is 0 Å². The first kappa shape index (κ1) is 6.36. The van der Waals surface area contributed by atoms with Gasteiger partial charge in [0, 0.05) is 12.6 Å². The maximum absolute atomic E-state index is 5.88. The summed E-state index contributed by atoms with van der Waals surface area (Å²) in [4.78, 5) is 0. The van der Waals surface area contributed by atoms with E-state index in [0.717, 1.165) is 13.2 Å². The van der Waals surface area contributed by atoms with Gasteiger partial charge in [-0.2, -0.15) is 0 Å². The lowest BCUT2D eigenvalue weighted by Crippen LogP contribution is -2.18. The molecule has 2 atom stereocenters. The Bertz CT molecular complexity index is 124. The molecule has 0 spiro atoms. The number of rotatable bonds is 0. The van der Waals surface area contributed by atoms with Crippen LogP contribution >= 0.6 is 18.9 Å². The summed E-state index contributed by atoms with van der Waals surface area (Å²) in [5.74, 6) is 0. The summed E-state index contributed by atoms with van der Waals surface area (Å²) in [6.07, 6.45) is 2.59. The predicted molar refractivity (Wildman–Crippen MR) is 38.5 cm³/mol. The Labute approximate surface area is 60.8 Å². The van der Waals surface area contributed by atoms with Crippen molar-refractivity contribution >= 4 is 18.9 Å². The Morgan fingerprint density at radius 1 is 1.67 bits per heavy atom. The molecule has 2 nitrogen and oxygen atoms in total. The van der Waals surface area contributed by atoms with Crippen LogP contribution in [0.25, 0.3) is 0 Å². The van der Waals surface area contributed by atoms with Crippen LogP contribution in [0.4, 0.5) is 0 Å². The highest BCUT2D eigenvalue weighted by atomic mass is 35.7. The Balaban J connectivity index is 2.07. The zero-order valence-corrected chi connectivity index (χ0v) is 6.74. The third kappa shape index (κ3) is 0.988. The maximum Gasteiger partial charge on any atom is 0.207 e. The summed E-state index contributed by atoms with van der Waals surface area (Å²) < 4.78 is 7.56. The van der Waals surface area contributed by atoms with Crippen LogP contribution in [0.2, 0.25) is 0 Å². The quantitative estimate of drug-likeness (QED) is 0.509. The minimum absolute atomic E-state index is 0.661. The van der Waals surface area contributed by atoms with Crippen molar-refractivity contribution in [2.75, 3.05) is 13.2 Å². The number of nitrogens with zero attached hydrogens (tertiary/aromatic N) is 1. The topological polar surface area (TPSA) is 12.5 Å². The molecule has 9 heavy (non-hydrogen) atoms. The highest BCUT2D eigenvalue weighted by Gasteiger charge is 2.37. The molecule has 0 aromatic rings. The highest BCUT2D eigenvalue weighted by molar-refractivity contribution is 7.78. The van der Waals surface area contributed by atoms with E-state index in [0.29, 0.717) is 6.04 Å². The molecule has 2 unspecified atom stereocenters. The van der Waals surface area contributed by atoms with Crippen molar-refractivity contribution in [1.29, 1.82) is 0 Å². The van der Waals surface area contributed by atoms with E-state index >= 15 is 0 Å². The number of fused-ring (bicyclic) bond motifs is 1. The minimum atomic E-state index is -0.700. The predicted octanol–water partition coefficient (Wildman–Crippen LogP) is 1.95. The molecule has 2 heterocycles. The van der Waals surface area contributed by atoms with Crippen LogP contribution in [0.15, 0.2) is 0 Å². The molecule has 0 aromatic heterocycles. The molecule has 0 bridgehead atoms. The van der Waals surface area contributed by atoms with Gasteiger partial charge >= 0.3 is 0 Å². The zero-order valence-electron chi connectivity index (χ0n) is 5.09. The molecule has 0 radical (unpaired) electrons. The van der Waals surface area contributed by atoms with Gasteiger partial charge in [-0.05, 0) is 24.1 Å². The molecular formula is C5H9ClNOP. The second-order valence-electron chi connectivity index (χ2n) is 2.48. The second kappa shape index (κ2) is 2.35.